The maximum absolute atomic E-state index is 12.2. The van der Waals surface area contributed by atoms with Gasteiger partial charge >= 0.3 is 23.9 Å². The van der Waals surface area contributed by atoms with Crippen molar-refractivity contribution in [1.82, 2.24) is 4.57 Å². The van der Waals surface area contributed by atoms with E-state index < -0.39 is 61.1 Å². The molecule has 0 amide bonds. The fourth-order valence-corrected chi connectivity index (χ4v) is 4.60. The van der Waals surface area contributed by atoms with Crippen LogP contribution >= 0.6 is 23.8 Å². The van der Waals surface area contributed by atoms with Crippen LogP contribution in [-0.4, -0.2) is 59.5 Å². The Kier molecular flexibility index (Phi) is 9.80. The monoisotopic (exact) mass is 576 g/mol. The number of carbonyl (C=O) groups is 4. The molecular formula is C26H25ClN2O9S. The second-order valence-corrected chi connectivity index (χ2v) is 9.34. The maximum Gasteiger partial charge on any atom is 0.303 e. The summed E-state index contributed by atoms with van der Waals surface area (Å²) >= 11 is 11.7. The van der Waals surface area contributed by atoms with Crippen LogP contribution in [0.1, 0.15) is 39.5 Å². The minimum absolute atomic E-state index is 0.0193. The van der Waals surface area contributed by atoms with Crippen LogP contribution in [-0.2, 0) is 42.9 Å². The molecule has 13 heteroatoms. The third-order valence-corrected chi connectivity index (χ3v) is 6.27. The summed E-state index contributed by atoms with van der Waals surface area (Å²) < 4.78 is 29.4. The largest absolute Gasteiger partial charge is 0.463 e. The predicted molar refractivity (Wildman–Crippen MR) is 138 cm³/mol. The van der Waals surface area contributed by atoms with Gasteiger partial charge in [-0.15, -0.1) is 0 Å². The van der Waals surface area contributed by atoms with E-state index in [2.05, 4.69) is 0 Å². The molecule has 0 N–H and O–H groups in total. The molecule has 0 bridgehead atoms. The van der Waals surface area contributed by atoms with Crippen molar-refractivity contribution in [2.45, 2.75) is 58.3 Å². The molecule has 0 saturated carbocycles. The second kappa shape index (κ2) is 12.8. The van der Waals surface area contributed by atoms with Crippen LogP contribution in [0.2, 0.25) is 5.02 Å². The Morgan fingerprint density at radius 2 is 1.46 bits per heavy atom. The van der Waals surface area contributed by atoms with E-state index in [0.29, 0.717) is 16.3 Å². The molecule has 206 valence electrons. The summed E-state index contributed by atoms with van der Waals surface area (Å²) in [6.45, 7) is 4.17. The fourth-order valence-electron chi connectivity index (χ4n) is 4.16. The van der Waals surface area contributed by atoms with Gasteiger partial charge in [0.15, 0.2) is 24.5 Å². The molecule has 1 fully saturated rings. The van der Waals surface area contributed by atoms with Crippen LogP contribution in [0.3, 0.4) is 0 Å². The first-order chi connectivity index (χ1) is 18.4. The minimum atomic E-state index is -1.41. The zero-order valence-corrected chi connectivity index (χ0v) is 23.0. The second-order valence-electron chi connectivity index (χ2n) is 8.52. The highest BCUT2D eigenvalue weighted by atomic mass is 35.5. The Hall–Kier alpha value is -3.79. The molecule has 0 unspecified atom stereocenters. The van der Waals surface area contributed by atoms with Crippen molar-refractivity contribution in [2.24, 2.45) is 0 Å². The Morgan fingerprint density at radius 3 is 2.00 bits per heavy atom. The van der Waals surface area contributed by atoms with Gasteiger partial charge in [-0.2, -0.15) is 5.26 Å². The number of ether oxygens (including phenoxy) is 5. The van der Waals surface area contributed by atoms with Crippen LogP contribution in [0.15, 0.2) is 36.4 Å². The lowest BCUT2D eigenvalue weighted by Gasteiger charge is -2.45. The highest BCUT2D eigenvalue weighted by Gasteiger charge is 2.53. The molecule has 1 aliphatic heterocycles. The predicted octanol–water partition coefficient (Wildman–Crippen LogP) is 3.67. The van der Waals surface area contributed by atoms with Gasteiger partial charge in [-0.1, -0.05) is 36.0 Å². The Morgan fingerprint density at radius 1 is 0.897 bits per heavy atom. The normalized spacial score (nSPS) is 22.2. The van der Waals surface area contributed by atoms with E-state index in [1.807, 2.05) is 6.07 Å². The number of aromatic nitrogens is 1. The lowest BCUT2D eigenvalue weighted by Crippen LogP contribution is -2.60. The fraction of sp³-hybridized carbons (Fsp3) is 0.385. The van der Waals surface area contributed by atoms with Crippen LogP contribution in [0.25, 0.3) is 11.3 Å². The molecule has 0 radical (unpaired) electrons. The molecule has 3 rings (SSSR count). The Balaban J connectivity index is 2.30. The number of hydrogen-bond acceptors (Lipinski definition) is 11. The van der Waals surface area contributed by atoms with Gasteiger partial charge < -0.3 is 28.3 Å². The number of pyridine rings is 1. The van der Waals surface area contributed by atoms with Crippen molar-refractivity contribution in [3.8, 4) is 17.3 Å². The van der Waals surface area contributed by atoms with Gasteiger partial charge in [0.25, 0.3) is 0 Å². The van der Waals surface area contributed by atoms with E-state index in [9.17, 15) is 24.4 Å². The van der Waals surface area contributed by atoms with E-state index in [1.165, 1.54) is 17.6 Å². The molecule has 1 saturated heterocycles. The smallest absolute Gasteiger partial charge is 0.303 e. The van der Waals surface area contributed by atoms with Crippen LogP contribution < -0.4 is 0 Å². The molecule has 0 aliphatic carbocycles. The highest BCUT2D eigenvalue weighted by Crippen LogP contribution is 2.38. The third kappa shape index (κ3) is 7.20. The van der Waals surface area contributed by atoms with Crippen LogP contribution in [0.5, 0.6) is 0 Å². The highest BCUT2D eigenvalue weighted by molar-refractivity contribution is 7.71. The van der Waals surface area contributed by atoms with Crippen molar-refractivity contribution in [3.63, 3.8) is 0 Å². The molecule has 39 heavy (non-hydrogen) atoms. The number of esters is 4. The number of nitriles is 1. The first-order valence-electron chi connectivity index (χ1n) is 11.6. The van der Waals surface area contributed by atoms with Crippen molar-refractivity contribution in [3.05, 3.63) is 51.6 Å². The Bertz CT molecular complexity index is 1370. The molecule has 2 aromatic rings. The van der Waals surface area contributed by atoms with Gasteiger partial charge in [-0.05, 0) is 29.8 Å². The quantitative estimate of drug-likeness (QED) is 0.270. The number of benzene rings is 1. The molecule has 0 spiro atoms. The van der Waals surface area contributed by atoms with Gasteiger partial charge in [-0.25, -0.2) is 0 Å². The molecule has 1 aliphatic rings. The molecule has 1 aromatic carbocycles. The van der Waals surface area contributed by atoms with Crippen LogP contribution in [0.4, 0.5) is 0 Å². The summed E-state index contributed by atoms with van der Waals surface area (Å²) in [4.78, 5) is 48.1. The Labute approximate surface area is 234 Å². The minimum Gasteiger partial charge on any atom is -0.463 e. The van der Waals surface area contributed by atoms with E-state index in [1.54, 1.807) is 30.3 Å². The lowest BCUT2D eigenvalue weighted by atomic mass is 9.96. The van der Waals surface area contributed by atoms with E-state index in [-0.39, 0.29) is 10.2 Å². The summed E-state index contributed by atoms with van der Waals surface area (Å²) in [5, 5.41) is 10.2. The molecule has 2 heterocycles. The zero-order chi connectivity index (χ0) is 28.9. The number of carbonyl (C=O) groups excluding carboxylic acids is 4. The topological polar surface area (TPSA) is 143 Å². The average Bonchev–Trinajstić information content (AvgIpc) is 2.85. The number of rotatable bonds is 7. The zero-order valence-electron chi connectivity index (χ0n) is 21.4. The van der Waals surface area contributed by atoms with Gasteiger partial charge in [0.05, 0.1) is 11.3 Å². The van der Waals surface area contributed by atoms with Crippen molar-refractivity contribution >= 4 is 47.7 Å². The van der Waals surface area contributed by atoms with E-state index in [4.69, 9.17) is 47.5 Å². The third-order valence-electron chi connectivity index (χ3n) is 5.60. The first-order valence-corrected chi connectivity index (χ1v) is 12.4. The summed E-state index contributed by atoms with van der Waals surface area (Å²) in [5.41, 5.74) is 1.16. The molecule has 11 nitrogen and oxygen atoms in total. The molecular weight excluding hydrogens is 552 g/mol. The van der Waals surface area contributed by atoms with Gasteiger partial charge in [0.1, 0.15) is 23.4 Å². The van der Waals surface area contributed by atoms with Gasteiger partial charge in [0, 0.05) is 32.7 Å². The summed E-state index contributed by atoms with van der Waals surface area (Å²) in [6, 6.07) is 11.9. The van der Waals surface area contributed by atoms with Crippen molar-refractivity contribution in [2.75, 3.05) is 6.61 Å². The van der Waals surface area contributed by atoms with E-state index >= 15 is 0 Å². The first kappa shape index (κ1) is 29.8. The maximum atomic E-state index is 12.2. The van der Waals surface area contributed by atoms with Crippen molar-refractivity contribution < 1.29 is 42.9 Å². The summed E-state index contributed by atoms with van der Waals surface area (Å²) in [6.07, 6.45) is -6.66. The number of halogens is 1. The van der Waals surface area contributed by atoms with Gasteiger partial charge in [0.2, 0.25) is 0 Å². The molecule has 5 atom stereocenters. The standard InChI is InChI=1S/C26H25ClN2O9S/c1-13(30)34-12-21-22(35-14(2)31)23(36-15(3)32)24(37-16(4)33)25(38-21)29-20(10-7-18(11-28)26(29)39)17-5-8-19(27)9-6-17/h5-10,21-25H,12H2,1-4H3/t21-,22+,23+,24+,25-/m1/s1. The summed E-state index contributed by atoms with van der Waals surface area (Å²) in [7, 11) is 0. The van der Waals surface area contributed by atoms with Crippen LogP contribution in [0, 0.1) is 16.0 Å². The van der Waals surface area contributed by atoms with Crippen molar-refractivity contribution in [1.29, 1.82) is 5.26 Å². The molecule has 1 aromatic heterocycles. The average molecular weight is 577 g/mol. The van der Waals surface area contributed by atoms with E-state index in [0.717, 1.165) is 20.8 Å². The van der Waals surface area contributed by atoms with Gasteiger partial charge in [-0.3, -0.25) is 19.2 Å². The number of hydrogen-bond donors (Lipinski definition) is 0. The summed E-state index contributed by atoms with van der Waals surface area (Å²) in [5.74, 6) is -2.93. The SMILES string of the molecule is CC(=O)OC[C@H]1O[C@@H](n2c(-c3ccc(Cl)cc3)ccc(C#N)c2=S)[C@@H](OC(C)=O)[C@@H](OC(C)=O)[C@H]1OC(C)=O. The lowest BCUT2D eigenvalue weighted by molar-refractivity contribution is -0.268. The number of nitrogens with zero attached hydrogens (tertiary/aromatic N) is 2.